The van der Waals surface area contributed by atoms with Crippen LogP contribution < -0.4 is 26.2 Å². The van der Waals surface area contributed by atoms with Crippen molar-refractivity contribution in [3.8, 4) is 0 Å². The molecule has 6 N–H and O–H groups in total. The van der Waals surface area contributed by atoms with E-state index in [2.05, 4.69) is 21.3 Å². The molecule has 3 aromatic carbocycles. The molecule has 3 fully saturated rings. The van der Waals surface area contributed by atoms with Gasteiger partial charge in [0.15, 0.2) is 13.9 Å². The summed E-state index contributed by atoms with van der Waals surface area (Å²) in [7, 11) is -3.11. The van der Waals surface area contributed by atoms with Gasteiger partial charge in [-0.25, -0.2) is 0 Å². The number of carbonyl (C=O) groups is 4. The van der Waals surface area contributed by atoms with Gasteiger partial charge in [-0.1, -0.05) is 43.3 Å². The van der Waals surface area contributed by atoms with Gasteiger partial charge in [-0.05, 0) is 105 Å². The summed E-state index contributed by atoms with van der Waals surface area (Å²) in [6.07, 6.45) is 3.09. The molecule has 8 rings (SSSR count). The first-order chi connectivity index (χ1) is 27.4. The van der Waals surface area contributed by atoms with E-state index in [0.717, 1.165) is 55.5 Å². The molecule has 4 amide bonds. The number of rotatable bonds is 10. The Morgan fingerprint density at radius 3 is 2.16 bits per heavy atom. The van der Waals surface area contributed by atoms with Crippen molar-refractivity contribution >= 4 is 49.0 Å². The number of fused-ring (bicyclic) bond motifs is 3. The predicted molar refractivity (Wildman–Crippen MR) is 219 cm³/mol. The summed E-state index contributed by atoms with van der Waals surface area (Å²) in [5.74, 6) is -1.25. The second-order valence-corrected chi connectivity index (χ2v) is 21.0. The van der Waals surface area contributed by atoms with Crippen LogP contribution in [0.25, 0.3) is 0 Å². The summed E-state index contributed by atoms with van der Waals surface area (Å²) in [6, 6.07) is 19.9. The molecule has 5 aliphatic heterocycles. The molecule has 7 atom stereocenters. The van der Waals surface area contributed by atoms with Gasteiger partial charge in [0.2, 0.25) is 17.7 Å². The first kappa shape index (κ1) is 39.4. The molecule has 3 saturated heterocycles. The lowest BCUT2D eigenvalue weighted by atomic mass is 9.82. The molecule has 0 saturated carbocycles. The maximum absolute atomic E-state index is 15.2. The van der Waals surface area contributed by atoms with E-state index in [9.17, 15) is 24.3 Å². The fraction of sp³-hybridized carbons (Fsp3) is 0.488. The highest BCUT2D eigenvalue weighted by molar-refractivity contribution is 6.71. The summed E-state index contributed by atoms with van der Waals surface area (Å²) in [6.45, 7) is 7.56. The van der Waals surface area contributed by atoms with Gasteiger partial charge in [0, 0.05) is 34.9 Å². The van der Waals surface area contributed by atoms with E-state index in [1.54, 1.807) is 15.9 Å². The highest BCUT2D eigenvalue weighted by Gasteiger charge is 2.66. The Balaban J connectivity index is 1.11. The van der Waals surface area contributed by atoms with Crippen LogP contribution in [0.1, 0.15) is 61.3 Å². The molecular formula is C43H54N6O7Si. The largest absolute Gasteiger partial charge is 0.432 e. The summed E-state index contributed by atoms with van der Waals surface area (Å²) in [5.41, 5.74) is 3.33. The second kappa shape index (κ2) is 15.7. The third-order valence-electron chi connectivity index (χ3n) is 12.8. The van der Waals surface area contributed by atoms with Crippen LogP contribution in [0.4, 0.5) is 17.1 Å². The monoisotopic (exact) mass is 794 g/mol. The lowest BCUT2D eigenvalue weighted by molar-refractivity contribution is -0.151. The van der Waals surface area contributed by atoms with Crippen molar-refractivity contribution in [3.05, 3.63) is 89.0 Å². The fourth-order valence-electron chi connectivity index (χ4n) is 10.00. The van der Waals surface area contributed by atoms with Crippen LogP contribution in [0.15, 0.2) is 66.7 Å². The van der Waals surface area contributed by atoms with E-state index in [-0.39, 0.29) is 55.3 Å². The number of ether oxygens (including phenoxy) is 1. The van der Waals surface area contributed by atoms with E-state index in [1.807, 2.05) is 80.7 Å². The van der Waals surface area contributed by atoms with Gasteiger partial charge in [-0.3, -0.25) is 19.2 Å². The lowest BCUT2D eigenvalue weighted by Crippen LogP contribution is -2.48. The Labute approximate surface area is 334 Å². The summed E-state index contributed by atoms with van der Waals surface area (Å²) in [5, 5.41) is 22.9. The number of aliphatic hydroxyl groups excluding tert-OH is 1. The van der Waals surface area contributed by atoms with Gasteiger partial charge in [0.25, 0.3) is 5.91 Å². The highest BCUT2D eigenvalue weighted by Crippen LogP contribution is 2.60. The maximum Gasteiger partial charge on any atom is 0.264 e. The number of benzene rings is 3. The standard InChI is InChI=1S/C43H54N6O7Si/c1-26-39(57(2,3)55)37(22-38(51)48-24-29-9-5-4-8-28(29)20-32(48)25-50)56-43(26)33-21-31(47-41(53)35-11-7-19-45-35)16-17-36(33)49(42(43)54)23-27-12-14-30(15-13-27)46-40(52)34-10-6-18-44-34/h4-5,8-9,12-17,21,26,32,34-35,37,39,44-45,50,55H,6-7,10-11,18-20,22-25H2,1-3H3,(H,46,52)(H,47,53)/t26-,32-,34+,35+,37+,39-,43+/m0/s1. The van der Waals surface area contributed by atoms with E-state index in [4.69, 9.17) is 4.74 Å². The van der Waals surface area contributed by atoms with Gasteiger partial charge in [-0.2, -0.15) is 0 Å². The predicted octanol–water partition coefficient (Wildman–Crippen LogP) is 3.75. The molecule has 5 heterocycles. The molecule has 0 radical (unpaired) electrons. The summed E-state index contributed by atoms with van der Waals surface area (Å²) in [4.78, 5) is 70.8. The molecule has 0 aliphatic carbocycles. The first-order valence-electron chi connectivity index (χ1n) is 20.4. The Hall–Kier alpha value is -4.44. The van der Waals surface area contributed by atoms with Crippen LogP contribution in [-0.4, -0.2) is 90.7 Å². The number of nitrogens with zero attached hydrogens (tertiary/aromatic N) is 2. The van der Waals surface area contributed by atoms with Crippen LogP contribution in [-0.2, 0) is 49.0 Å². The number of anilines is 3. The highest BCUT2D eigenvalue weighted by atomic mass is 28.4. The van der Waals surface area contributed by atoms with Gasteiger partial charge < -0.3 is 45.7 Å². The van der Waals surface area contributed by atoms with Crippen LogP contribution in [0.2, 0.25) is 18.6 Å². The zero-order valence-electron chi connectivity index (χ0n) is 32.9. The smallest absolute Gasteiger partial charge is 0.264 e. The van der Waals surface area contributed by atoms with Crippen molar-refractivity contribution in [3.63, 3.8) is 0 Å². The van der Waals surface area contributed by atoms with Gasteiger partial charge in [0.05, 0.1) is 49.5 Å². The molecule has 0 aromatic heterocycles. The molecule has 57 heavy (non-hydrogen) atoms. The van der Waals surface area contributed by atoms with Crippen molar-refractivity contribution in [2.45, 2.75) is 107 Å². The van der Waals surface area contributed by atoms with Gasteiger partial charge in [0.1, 0.15) is 0 Å². The molecule has 0 unspecified atom stereocenters. The quantitative estimate of drug-likeness (QED) is 0.167. The van der Waals surface area contributed by atoms with E-state index in [0.29, 0.717) is 35.6 Å². The minimum atomic E-state index is -3.11. The SMILES string of the molecule is C[C@H]1[C@H]([Si](C)(C)O)[C@@H](CC(=O)N2Cc3ccccc3C[C@H]2CO)O[C@]12C(=O)N(Cc1ccc(NC(=O)[C@H]3CCCN3)cc1)c1ccc(NC(=O)[C@H]3CCCN3)cc12. The topological polar surface area (TPSA) is 173 Å². The number of hydrogen-bond acceptors (Lipinski definition) is 9. The van der Waals surface area contributed by atoms with Crippen molar-refractivity contribution in [1.29, 1.82) is 0 Å². The fourth-order valence-corrected chi connectivity index (χ4v) is 12.5. The summed E-state index contributed by atoms with van der Waals surface area (Å²) < 4.78 is 7.03. The van der Waals surface area contributed by atoms with Crippen molar-refractivity contribution < 1.29 is 33.8 Å². The van der Waals surface area contributed by atoms with Gasteiger partial charge >= 0.3 is 0 Å². The molecule has 3 aromatic rings. The lowest BCUT2D eigenvalue weighted by Gasteiger charge is -2.37. The molecule has 14 heteroatoms. The molecule has 302 valence electrons. The molecule has 5 aliphatic rings. The Morgan fingerprint density at radius 2 is 1.54 bits per heavy atom. The Kier molecular flexibility index (Phi) is 10.9. The van der Waals surface area contributed by atoms with Crippen molar-refractivity contribution in [2.24, 2.45) is 5.92 Å². The Bertz CT molecular complexity index is 2030. The van der Waals surface area contributed by atoms with E-state index >= 15 is 4.79 Å². The normalized spacial score (nSPS) is 28.1. The Morgan fingerprint density at radius 1 is 0.912 bits per heavy atom. The van der Waals surface area contributed by atoms with Gasteiger partial charge in [-0.15, -0.1) is 0 Å². The molecular weight excluding hydrogens is 741 g/mol. The zero-order valence-corrected chi connectivity index (χ0v) is 33.9. The van der Waals surface area contributed by atoms with Crippen LogP contribution >= 0.6 is 0 Å². The van der Waals surface area contributed by atoms with Crippen LogP contribution in [0, 0.1) is 5.92 Å². The average molecular weight is 795 g/mol. The average Bonchev–Trinajstić information content (AvgIpc) is 4.01. The molecule has 13 nitrogen and oxygen atoms in total. The molecule has 0 bridgehead atoms. The van der Waals surface area contributed by atoms with Crippen LogP contribution in [0.5, 0.6) is 0 Å². The number of carbonyl (C=O) groups excluding carboxylic acids is 4. The van der Waals surface area contributed by atoms with E-state index < -0.39 is 37.5 Å². The number of nitrogens with one attached hydrogen (secondary N) is 4. The minimum absolute atomic E-state index is 0.0671. The third kappa shape index (κ3) is 7.43. The first-order valence-corrected chi connectivity index (χ1v) is 23.4. The molecule has 1 spiro atoms. The van der Waals surface area contributed by atoms with Crippen LogP contribution in [0.3, 0.4) is 0 Å². The van der Waals surface area contributed by atoms with Crippen molar-refractivity contribution in [2.75, 3.05) is 35.2 Å². The zero-order chi connectivity index (χ0) is 40.1. The summed E-state index contributed by atoms with van der Waals surface area (Å²) >= 11 is 0. The number of hydrogen-bond donors (Lipinski definition) is 6. The maximum atomic E-state index is 15.2. The van der Waals surface area contributed by atoms with Crippen molar-refractivity contribution in [1.82, 2.24) is 15.5 Å². The number of aliphatic hydroxyl groups is 1. The van der Waals surface area contributed by atoms with E-state index in [1.165, 1.54) is 0 Å². The minimum Gasteiger partial charge on any atom is -0.432 e. The third-order valence-corrected chi connectivity index (χ3v) is 15.3. The number of amides is 4. The second-order valence-electron chi connectivity index (χ2n) is 17.0.